The lowest BCUT2D eigenvalue weighted by Crippen LogP contribution is -2.29. The predicted molar refractivity (Wildman–Crippen MR) is 172 cm³/mol. The summed E-state index contributed by atoms with van der Waals surface area (Å²) in [5, 5.41) is 11.4. The van der Waals surface area contributed by atoms with Gasteiger partial charge in [-0.1, -0.05) is 84.9 Å². The molecule has 2 amide bonds. The standard InChI is InChI=1S/C38H22N4O2/c39-23-27-10-6-13-32(40-27)26-18-21-30-29-11-4-5-14-33(29)42(35(30)22-26)34-15-7-12-31-36(34)38(44)41(37(31)43)28-19-16-25(17-20-28)24-8-2-1-3-9-24/h1-22H. The van der Waals surface area contributed by atoms with Crippen molar-refractivity contribution in [2.45, 2.75) is 0 Å². The molecule has 0 unspecified atom stereocenters. The van der Waals surface area contributed by atoms with Crippen LogP contribution in [0.4, 0.5) is 5.69 Å². The number of rotatable bonds is 4. The number of aromatic nitrogens is 2. The van der Waals surface area contributed by atoms with Crippen molar-refractivity contribution < 1.29 is 9.59 Å². The quantitative estimate of drug-likeness (QED) is 0.201. The summed E-state index contributed by atoms with van der Waals surface area (Å²) in [6.07, 6.45) is 0. The molecule has 0 radical (unpaired) electrons. The van der Waals surface area contributed by atoms with Crippen molar-refractivity contribution in [3.63, 3.8) is 0 Å². The number of hydrogen-bond donors (Lipinski definition) is 0. The van der Waals surface area contributed by atoms with Gasteiger partial charge in [0.1, 0.15) is 11.8 Å². The second kappa shape index (κ2) is 9.90. The van der Waals surface area contributed by atoms with Crippen LogP contribution >= 0.6 is 0 Å². The fraction of sp³-hybridized carbons (Fsp3) is 0. The Bertz CT molecular complexity index is 2330. The van der Waals surface area contributed by atoms with E-state index >= 15 is 0 Å². The van der Waals surface area contributed by atoms with Gasteiger partial charge in [-0.25, -0.2) is 9.88 Å². The number of amides is 2. The van der Waals surface area contributed by atoms with Crippen molar-refractivity contribution in [2.75, 3.05) is 4.90 Å². The molecule has 6 nitrogen and oxygen atoms in total. The monoisotopic (exact) mass is 566 g/mol. The van der Waals surface area contributed by atoms with Crippen LogP contribution in [-0.2, 0) is 0 Å². The Hall–Kier alpha value is -6.32. The first-order valence-corrected chi connectivity index (χ1v) is 14.2. The van der Waals surface area contributed by atoms with Crippen molar-refractivity contribution in [3.05, 3.63) is 150 Å². The van der Waals surface area contributed by atoms with Crippen LogP contribution in [-0.4, -0.2) is 21.4 Å². The van der Waals surface area contributed by atoms with Gasteiger partial charge in [0.2, 0.25) is 0 Å². The normalized spacial score (nSPS) is 12.6. The van der Waals surface area contributed by atoms with Crippen molar-refractivity contribution >= 4 is 39.3 Å². The lowest BCUT2D eigenvalue weighted by atomic mass is 10.1. The van der Waals surface area contributed by atoms with Gasteiger partial charge in [-0.2, -0.15) is 5.26 Å². The predicted octanol–water partition coefficient (Wildman–Crippen LogP) is 8.18. The number of carbonyl (C=O) groups excluding carboxylic acids is 2. The number of hydrogen-bond acceptors (Lipinski definition) is 4. The Kier molecular flexibility index (Phi) is 5.71. The number of nitriles is 1. The number of imide groups is 1. The Balaban J connectivity index is 1.29. The molecule has 0 saturated carbocycles. The van der Waals surface area contributed by atoms with Crippen LogP contribution in [0.25, 0.3) is 49.9 Å². The summed E-state index contributed by atoms with van der Waals surface area (Å²) in [4.78, 5) is 33.7. The molecule has 0 saturated heterocycles. The number of anilines is 1. The molecule has 5 aromatic carbocycles. The second-order valence-electron chi connectivity index (χ2n) is 10.7. The summed E-state index contributed by atoms with van der Waals surface area (Å²) < 4.78 is 2.05. The Morgan fingerprint density at radius 3 is 2.11 bits per heavy atom. The third-order valence-corrected chi connectivity index (χ3v) is 8.20. The minimum Gasteiger partial charge on any atom is -0.308 e. The van der Waals surface area contributed by atoms with E-state index in [0.717, 1.165) is 38.5 Å². The Labute approximate surface area is 252 Å². The molecule has 0 spiro atoms. The number of pyridine rings is 1. The largest absolute Gasteiger partial charge is 0.308 e. The third kappa shape index (κ3) is 3.84. The molecule has 0 atom stereocenters. The fourth-order valence-electron chi connectivity index (χ4n) is 6.17. The first-order chi connectivity index (χ1) is 21.6. The van der Waals surface area contributed by atoms with Gasteiger partial charge < -0.3 is 4.57 Å². The summed E-state index contributed by atoms with van der Waals surface area (Å²) >= 11 is 0. The van der Waals surface area contributed by atoms with Crippen LogP contribution in [0.2, 0.25) is 0 Å². The first kappa shape index (κ1) is 25.4. The topological polar surface area (TPSA) is 79.0 Å². The average molecular weight is 567 g/mol. The average Bonchev–Trinajstić information content (AvgIpc) is 3.55. The maximum Gasteiger partial charge on any atom is 0.268 e. The van der Waals surface area contributed by atoms with Gasteiger partial charge >= 0.3 is 0 Å². The summed E-state index contributed by atoms with van der Waals surface area (Å²) in [6.45, 7) is 0. The molecule has 8 rings (SSSR count). The number of para-hydroxylation sites is 1. The van der Waals surface area contributed by atoms with Crippen LogP contribution in [0.1, 0.15) is 26.4 Å². The van der Waals surface area contributed by atoms with Crippen molar-refractivity contribution in [1.82, 2.24) is 9.55 Å². The molecule has 44 heavy (non-hydrogen) atoms. The number of benzene rings is 5. The third-order valence-electron chi connectivity index (χ3n) is 8.20. The molecule has 7 aromatic rings. The Morgan fingerprint density at radius 2 is 1.30 bits per heavy atom. The molecule has 0 fully saturated rings. The van der Waals surface area contributed by atoms with Gasteiger partial charge in [-0.3, -0.25) is 9.59 Å². The first-order valence-electron chi connectivity index (χ1n) is 14.2. The molecule has 1 aliphatic rings. The minimum absolute atomic E-state index is 0.338. The zero-order valence-corrected chi connectivity index (χ0v) is 23.3. The SMILES string of the molecule is N#Cc1cccc(-c2ccc3c4ccccc4n(-c4cccc5c4C(=O)N(c4ccc(-c6ccccc6)cc4)C5=O)c3c2)n1. The molecule has 6 heteroatoms. The van der Waals surface area contributed by atoms with E-state index in [2.05, 4.69) is 17.1 Å². The number of nitrogens with zero attached hydrogens (tertiary/aromatic N) is 4. The fourth-order valence-corrected chi connectivity index (χ4v) is 6.17. The van der Waals surface area contributed by atoms with Gasteiger partial charge in [-0.05, 0) is 59.7 Å². The molecule has 206 valence electrons. The van der Waals surface area contributed by atoms with Gasteiger partial charge in [-0.15, -0.1) is 0 Å². The van der Waals surface area contributed by atoms with Gasteiger partial charge in [0.25, 0.3) is 11.8 Å². The van der Waals surface area contributed by atoms with Crippen molar-refractivity contribution in [1.29, 1.82) is 5.26 Å². The zero-order valence-electron chi connectivity index (χ0n) is 23.3. The van der Waals surface area contributed by atoms with E-state index in [1.807, 2.05) is 120 Å². The van der Waals surface area contributed by atoms with Crippen LogP contribution in [0.5, 0.6) is 0 Å². The number of fused-ring (bicyclic) bond motifs is 4. The lowest BCUT2D eigenvalue weighted by molar-refractivity contribution is 0.0926. The smallest absolute Gasteiger partial charge is 0.268 e. The van der Waals surface area contributed by atoms with Crippen LogP contribution < -0.4 is 4.90 Å². The highest BCUT2D eigenvalue weighted by molar-refractivity contribution is 6.35. The van der Waals surface area contributed by atoms with E-state index < -0.39 is 0 Å². The Morgan fingerprint density at radius 1 is 0.591 bits per heavy atom. The molecule has 3 heterocycles. The molecule has 0 bridgehead atoms. The highest BCUT2D eigenvalue weighted by Crippen LogP contribution is 2.39. The molecule has 0 aliphatic carbocycles. The molecular formula is C38H22N4O2. The van der Waals surface area contributed by atoms with E-state index in [4.69, 9.17) is 0 Å². The van der Waals surface area contributed by atoms with Gasteiger partial charge in [0.15, 0.2) is 0 Å². The van der Waals surface area contributed by atoms with Gasteiger partial charge in [0.05, 0.1) is 39.2 Å². The second-order valence-corrected chi connectivity index (χ2v) is 10.7. The van der Waals surface area contributed by atoms with Crippen molar-refractivity contribution in [2.24, 2.45) is 0 Å². The highest BCUT2D eigenvalue weighted by atomic mass is 16.2. The van der Waals surface area contributed by atoms with Crippen LogP contribution in [0, 0.1) is 11.3 Å². The maximum absolute atomic E-state index is 14.2. The highest BCUT2D eigenvalue weighted by Gasteiger charge is 2.39. The summed E-state index contributed by atoms with van der Waals surface area (Å²) in [5.74, 6) is -0.711. The summed E-state index contributed by atoms with van der Waals surface area (Å²) in [7, 11) is 0. The molecule has 2 aromatic heterocycles. The van der Waals surface area contributed by atoms with E-state index in [1.54, 1.807) is 12.1 Å². The zero-order chi connectivity index (χ0) is 29.8. The minimum atomic E-state index is -0.362. The van der Waals surface area contributed by atoms with E-state index in [1.165, 1.54) is 4.90 Å². The van der Waals surface area contributed by atoms with Crippen LogP contribution in [0.15, 0.2) is 133 Å². The number of carbonyl (C=O) groups is 2. The lowest BCUT2D eigenvalue weighted by Gasteiger charge is -2.15. The van der Waals surface area contributed by atoms with E-state index in [0.29, 0.717) is 33.9 Å². The molecular weight excluding hydrogens is 544 g/mol. The van der Waals surface area contributed by atoms with E-state index in [9.17, 15) is 14.9 Å². The maximum atomic E-state index is 14.2. The van der Waals surface area contributed by atoms with Crippen LogP contribution in [0.3, 0.4) is 0 Å². The summed E-state index contributed by atoms with van der Waals surface area (Å²) in [5.41, 5.74) is 7.58. The van der Waals surface area contributed by atoms with Crippen molar-refractivity contribution in [3.8, 4) is 34.1 Å². The molecule has 0 N–H and O–H groups in total. The van der Waals surface area contributed by atoms with Gasteiger partial charge in [0, 0.05) is 16.3 Å². The summed E-state index contributed by atoms with van der Waals surface area (Å²) in [6, 6.07) is 44.5. The van der Waals surface area contributed by atoms with E-state index in [-0.39, 0.29) is 11.8 Å². The molecule has 1 aliphatic heterocycles.